The number of carbonyl (C=O) groups is 1. The van der Waals surface area contributed by atoms with Gasteiger partial charge in [-0.1, -0.05) is 259 Å². The van der Waals surface area contributed by atoms with Gasteiger partial charge in [0.2, 0.25) is 0 Å². The highest BCUT2D eigenvalue weighted by Gasteiger charge is 2.19. The highest BCUT2D eigenvalue weighted by atomic mass is 16.3. The summed E-state index contributed by atoms with van der Waals surface area (Å²) in [6, 6.07) is 8.07. The smallest absolute Gasteiger partial charge is 0.193 e. The first-order valence-electron chi connectivity index (χ1n) is 28.7. The molecule has 3 heteroatoms. The molecule has 2 N–H and O–H groups in total. The molecule has 0 bridgehead atoms. The summed E-state index contributed by atoms with van der Waals surface area (Å²) in [7, 11) is 0. The van der Waals surface area contributed by atoms with E-state index in [2.05, 4.69) is 27.7 Å². The summed E-state index contributed by atoms with van der Waals surface area (Å²) >= 11 is 0. The first-order chi connectivity index (χ1) is 31.5. The highest BCUT2D eigenvalue weighted by Crippen LogP contribution is 2.33. The second kappa shape index (κ2) is 40.9. The topological polar surface area (TPSA) is 57.5 Å². The van der Waals surface area contributed by atoms with Crippen molar-refractivity contribution in [1.82, 2.24) is 0 Å². The fourth-order valence-corrected chi connectivity index (χ4v) is 9.92. The van der Waals surface area contributed by atoms with Crippen molar-refractivity contribution in [2.24, 2.45) is 0 Å². The number of phenolic OH excluding ortho intramolecular Hbond substituents is 2. The lowest BCUT2D eigenvalue weighted by molar-refractivity contribution is 0.103. The molecule has 368 valence electrons. The number of benzene rings is 2. The largest absolute Gasteiger partial charge is 0.507 e. The minimum absolute atomic E-state index is 0.0438. The number of ketones is 1. The molecule has 0 saturated heterocycles. The van der Waals surface area contributed by atoms with Gasteiger partial charge in [-0.05, 0) is 97.9 Å². The zero-order valence-electron chi connectivity index (χ0n) is 43.2. The monoisotopic (exact) mass is 887 g/mol. The number of carbonyl (C=O) groups excluding carboxylic acids is 1. The summed E-state index contributed by atoms with van der Waals surface area (Å²) in [5, 5.41) is 23.4. The zero-order chi connectivity index (χ0) is 46.1. The lowest BCUT2D eigenvalue weighted by Crippen LogP contribution is -2.07. The van der Waals surface area contributed by atoms with Crippen molar-refractivity contribution in [2.75, 3.05) is 0 Å². The van der Waals surface area contributed by atoms with Crippen LogP contribution in [0.15, 0.2) is 24.3 Å². The van der Waals surface area contributed by atoms with Gasteiger partial charge < -0.3 is 10.2 Å². The van der Waals surface area contributed by atoms with Crippen molar-refractivity contribution in [3.8, 4) is 11.5 Å². The predicted molar refractivity (Wildman–Crippen MR) is 282 cm³/mol. The molecule has 0 aromatic heterocycles. The van der Waals surface area contributed by atoms with Gasteiger partial charge in [-0.25, -0.2) is 0 Å². The molecule has 2 aromatic carbocycles. The second-order valence-corrected chi connectivity index (χ2v) is 20.3. The molecule has 0 saturated carbocycles. The van der Waals surface area contributed by atoms with Crippen molar-refractivity contribution >= 4 is 5.78 Å². The quantitative estimate of drug-likeness (QED) is 0.0514. The van der Waals surface area contributed by atoms with Crippen LogP contribution in [0.1, 0.15) is 323 Å². The zero-order valence-corrected chi connectivity index (χ0v) is 43.2. The molecular weight excluding hydrogens is 781 g/mol. The molecule has 3 nitrogen and oxygen atoms in total. The average molecular weight is 888 g/mol. The fraction of sp³-hybridized carbons (Fsp3) is 0.787. The van der Waals surface area contributed by atoms with Crippen LogP contribution >= 0.6 is 0 Å². The van der Waals surface area contributed by atoms with E-state index in [1.54, 1.807) is 0 Å². The Labute approximate surface area is 398 Å². The third-order valence-corrected chi connectivity index (χ3v) is 14.3. The fourth-order valence-electron chi connectivity index (χ4n) is 9.92. The Balaban J connectivity index is 2.19. The minimum Gasteiger partial charge on any atom is -0.507 e. The molecule has 0 aliphatic heterocycles. The summed E-state index contributed by atoms with van der Waals surface area (Å²) in [6.07, 6.45) is 54.7. The molecule has 2 rings (SSSR count). The lowest BCUT2D eigenvalue weighted by atomic mass is 9.90. The van der Waals surface area contributed by atoms with E-state index in [0.29, 0.717) is 22.6 Å². The van der Waals surface area contributed by atoms with Crippen molar-refractivity contribution in [3.05, 3.63) is 57.6 Å². The standard InChI is InChI=1S/C61H106O3/c1-5-9-13-17-21-25-29-33-37-41-45-53-49-57(50-54(59(53)62)46-42-38-34-30-26-22-18-14-10-6-2)61(64)58-51-55(47-43-39-35-31-27-23-19-15-11-7-3)60(63)56(52-58)48-44-40-36-32-28-24-20-16-12-8-4/h49-52,62-63H,5-48H2,1-4H3. The Hall–Kier alpha value is -2.29. The van der Waals surface area contributed by atoms with Gasteiger partial charge in [-0.2, -0.15) is 0 Å². The summed E-state index contributed by atoms with van der Waals surface area (Å²) < 4.78 is 0. The van der Waals surface area contributed by atoms with E-state index in [9.17, 15) is 15.0 Å². The molecule has 0 amide bonds. The van der Waals surface area contributed by atoms with Crippen LogP contribution in [0.4, 0.5) is 0 Å². The molecule has 0 unspecified atom stereocenters. The van der Waals surface area contributed by atoms with Gasteiger partial charge in [0, 0.05) is 11.1 Å². The van der Waals surface area contributed by atoms with Crippen molar-refractivity contribution in [1.29, 1.82) is 0 Å². The van der Waals surface area contributed by atoms with Crippen LogP contribution in [0, 0.1) is 0 Å². The van der Waals surface area contributed by atoms with Crippen LogP contribution < -0.4 is 0 Å². The van der Waals surface area contributed by atoms with Gasteiger partial charge in [0.1, 0.15) is 11.5 Å². The molecule has 0 spiro atoms. The Morgan fingerprint density at radius 1 is 0.281 bits per heavy atom. The number of phenols is 2. The number of aryl methyl sites for hydroxylation is 4. The first kappa shape index (κ1) is 57.8. The number of rotatable bonds is 46. The Morgan fingerprint density at radius 2 is 0.438 bits per heavy atom. The van der Waals surface area contributed by atoms with Crippen molar-refractivity contribution < 1.29 is 15.0 Å². The van der Waals surface area contributed by atoms with E-state index in [1.807, 2.05) is 24.3 Å². The molecule has 0 heterocycles. The van der Waals surface area contributed by atoms with E-state index in [4.69, 9.17) is 0 Å². The third-order valence-electron chi connectivity index (χ3n) is 14.3. The Morgan fingerprint density at radius 3 is 0.609 bits per heavy atom. The molecule has 2 aromatic rings. The molecule has 0 radical (unpaired) electrons. The van der Waals surface area contributed by atoms with Crippen LogP contribution in [-0.2, 0) is 25.7 Å². The van der Waals surface area contributed by atoms with Gasteiger partial charge in [-0.3, -0.25) is 4.79 Å². The van der Waals surface area contributed by atoms with Crippen LogP contribution in [-0.4, -0.2) is 16.0 Å². The number of hydrogen-bond acceptors (Lipinski definition) is 3. The number of hydrogen-bond donors (Lipinski definition) is 2. The van der Waals surface area contributed by atoms with Crippen LogP contribution in [0.2, 0.25) is 0 Å². The maximum absolute atomic E-state index is 14.7. The third kappa shape index (κ3) is 28.0. The predicted octanol–water partition coefficient (Wildman–Crippen LogP) is 20.2. The van der Waals surface area contributed by atoms with Gasteiger partial charge in [0.25, 0.3) is 0 Å². The first-order valence-corrected chi connectivity index (χ1v) is 28.7. The lowest BCUT2D eigenvalue weighted by Gasteiger charge is -2.16. The average Bonchev–Trinajstić information content (AvgIpc) is 3.30. The van der Waals surface area contributed by atoms with E-state index in [-0.39, 0.29) is 5.78 Å². The molecule has 64 heavy (non-hydrogen) atoms. The summed E-state index contributed by atoms with van der Waals surface area (Å²) in [5.74, 6) is 0.900. The van der Waals surface area contributed by atoms with E-state index >= 15 is 0 Å². The molecule has 0 atom stereocenters. The van der Waals surface area contributed by atoms with Gasteiger partial charge in [0.05, 0.1) is 0 Å². The van der Waals surface area contributed by atoms with Crippen LogP contribution in [0.5, 0.6) is 11.5 Å². The Kier molecular flexibility index (Phi) is 37.0. The van der Waals surface area contributed by atoms with Crippen molar-refractivity contribution in [2.45, 2.75) is 310 Å². The molecule has 0 aliphatic rings. The summed E-state index contributed by atoms with van der Waals surface area (Å²) in [6.45, 7) is 9.13. The second-order valence-electron chi connectivity index (χ2n) is 20.3. The van der Waals surface area contributed by atoms with Gasteiger partial charge >= 0.3 is 0 Å². The maximum atomic E-state index is 14.7. The summed E-state index contributed by atoms with van der Waals surface area (Å²) in [5.41, 5.74) is 5.21. The van der Waals surface area contributed by atoms with E-state index < -0.39 is 0 Å². The summed E-state index contributed by atoms with van der Waals surface area (Å²) in [4.78, 5) is 14.7. The molecular formula is C61H106O3. The highest BCUT2D eigenvalue weighted by molar-refractivity contribution is 6.09. The van der Waals surface area contributed by atoms with E-state index in [1.165, 1.54) is 231 Å². The van der Waals surface area contributed by atoms with Crippen molar-refractivity contribution in [3.63, 3.8) is 0 Å². The SMILES string of the molecule is CCCCCCCCCCCCc1cc(C(=O)c2cc(CCCCCCCCCCCC)c(O)c(CCCCCCCCCCCC)c2)cc(CCCCCCCCCCCC)c1O. The van der Waals surface area contributed by atoms with E-state index in [0.717, 1.165) is 73.6 Å². The number of aromatic hydroxyl groups is 2. The normalized spacial score (nSPS) is 11.6. The van der Waals surface area contributed by atoms with Gasteiger partial charge in [-0.15, -0.1) is 0 Å². The molecule has 0 aliphatic carbocycles. The van der Waals surface area contributed by atoms with Crippen LogP contribution in [0.3, 0.4) is 0 Å². The Bertz CT molecular complexity index is 1200. The maximum Gasteiger partial charge on any atom is 0.193 e. The molecule has 0 fully saturated rings. The van der Waals surface area contributed by atoms with Gasteiger partial charge in [0.15, 0.2) is 5.78 Å². The number of unbranched alkanes of at least 4 members (excludes halogenated alkanes) is 36. The minimum atomic E-state index is 0.0438. The van der Waals surface area contributed by atoms with Crippen LogP contribution in [0.25, 0.3) is 0 Å².